The molecule has 2 heterocycles. The Morgan fingerprint density at radius 1 is 1.21 bits per heavy atom. The van der Waals surface area contributed by atoms with Crippen LogP contribution in [0.2, 0.25) is 0 Å². The number of carbonyl (C=O) groups excluding carboxylic acids is 1. The van der Waals surface area contributed by atoms with Gasteiger partial charge in [0.2, 0.25) is 5.82 Å². The number of benzene rings is 1. The normalized spacial score (nSPS) is 11.6. The summed E-state index contributed by atoms with van der Waals surface area (Å²) in [5.74, 6) is -0.971. The minimum absolute atomic E-state index is 0.0916. The third-order valence-corrected chi connectivity index (χ3v) is 4.81. The number of alkyl halides is 3. The molecule has 0 atom stereocenters. The van der Waals surface area contributed by atoms with E-state index in [9.17, 15) is 22.4 Å². The van der Waals surface area contributed by atoms with E-state index in [1.54, 1.807) is 19.1 Å². The van der Waals surface area contributed by atoms with E-state index in [0.717, 1.165) is 4.90 Å². The molecule has 1 amide bonds. The quantitative estimate of drug-likeness (QED) is 0.558. The molecule has 0 aliphatic rings. The van der Waals surface area contributed by atoms with Crippen molar-refractivity contribution < 1.29 is 22.4 Å². The molecule has 3 rings (SSSR count). The lowest BCUT2D eigenvalue weighted by molar-refractivity contribution is -0.136. The van der Waals surface area contributed by atoms with Crippen LogP contribution in [0.5, 0.6) is 0 Å². The summed E-state index contributed by atoms with van der Waals surface area (Å²) < 4.78 is 52.2. The molecule has 0 aliphatic carbocycles. The fourth-order valence-corrected chi connectivity index (χ4v) is 3.24. The Labute approximate surface area is 162 Å². The molecular formula is C18H16F4N4OS. The van der Waals surface area contributed by atoms with Gasteiger partial charge in [0.25, 0.3) is 5.91 Å². The second-order valence-corrected chi connectivity index (χ2v) is 6.82. The van der Waals surface area contributed by atoms with E-state index in [0.29, 0.717) is 16.4 Å². The van der Waals surface area contributed by atoms with Crippen molar-refractivity contribution in [1.29, 1.82) is 0 Å². The predicted octanol–water partition coefficient (Wildman–Crippen LogP) is 4.55. The zero-order valence-electron chi connectivity index (χ0n) is 14.8. The Morgan fingerprint density at radius 3 is 2.50 bits per heavy atom. The van der Waals surface area contributed by atoms with E-state index in [4.69, 9.17) is 0 Å². The lowest BCUT2D eigenvalue weighted by Crippen LogP contribution is -2.34. The molecule has 5 nitrogen and oxygen atoms in total. The Kier molecular flexibility index (Phi) is 5.78. The van der Waals surface area contributed by atoms with E-state index < -0.39 is 30.9 Å². The number of amides is 1. The number of hydrogen-bond donors (Lipinski definition) is 0. The van der Waals surface area contributed by atoms with E-state index in [-0.39, 0.29) is 12.4 Å². The van der Waals surface area contributed by atoms with Gasteiger partial charge in [-0.1, -0.05) is 6.07 Å². The van der Waals surface area contributed by atoms with E-state index in [2.05, 4.69) is 10.1 Å². The Balaban J connectivity index is 1.96. The number of aromatic nitrogens is 3. The fourth-order valence-electron chi connectivity index (χ4n) is 2.54. The van der Waals surface area contributed by atoms with E-state index in [1.165, 1.54) is 40.3 Å². The van der Waals surface area contributed by atoms with Gasteiger partial charge in [-0.15, -0.1) is 16.4 Å². The van der Waals surface area contributed by atoms with Gasteiger partial charge in [-0.25, -0.2) is 14.1 Å². The van der Waals surface area contributed by atoms with Crippen LogP contribution in [-0.2, 0) is 0 Å². The molecule has 2 aromatic heterocycles. The van der Waals surface area contributed by atoms with Gasteiger partial charge in [0.05, 0.1) is 17.0 Å². The summed E-state index contributed by atoms with van der Waals surface area (Å²) >= 11 is 1.37. The van der Waals surface area contributed by atoms with Crippen LogP contribution in [-0.4, -0.2) is 44.8 Å². The third kappa shape index (κ3) is 4.56. The smallest absolute Gasteiger partial charge is 0.336 e. The maximum absolute atomic E-state index is 13.2. The van der Waals surface area contributed by atoms with Gasteiger partial charge in [0, 0.05) is 13.1 Å². The largest absolute Gasteiger partial charge is 0.390 e. The van der Waals surface area contributed by atoms with Gasteiger partial charge in [0.1, 0.15) is 5.82 Å². The number of rotatable bonds is 6. The highest BCUT2D eigenvalue weighted by Gasteiger charge is 2.30. The highest BCUT2D eigenvalue weighted by atomic mass is 32.1. The molecular weight excluding hydrogens is 396 g/mol. The first-order valence-electron chi connectivity index (χ1n) is 8.41. The molecule has 0 saturated carbocycles. The molecule has 3 aromatic rings. The molecule has 0 radical (unpaired) electrons. The molecule has 10 heteroatoms. The minimum atomic E-state index is -4.36. The number of thiophene rings is 1. The summed E-state index contributed by atoms with van der Waals surface area (Å²) in [6, 6.07) is 9.04. The molecule has 148 valence electrons. The topological polar surface area (TPSA) is 51.0 Å². The highest BCUT2D eigenvalue weighted by Crippen LogP contribution is 2.26. The first-order chi connectivity index (χ1) is 13.3. The molecule has 1 aromatic carbocycles. The monoisotopic (exact) mass is 412 g/mol. The third-order valence-electron chi connectivity index (χ3n) is 3.95. The Morgan fingerprint density at radius 2 is 1.93 bits per heavy atom. The fraction of sp³-hybridized carbons (Fsp3) is 0.278. The van der Waals surface area contributed by atoms with Crippen LogP contribution in [0.3, 0.4) is 0 Å². The van der Waals surface area contributed by atoms with Crippen molar-refractivity contribution in [2.24, 2.45) is 0 Å². The van der Waals surface area contributed by atoms with Crippen LogP contribution in [0.1, 0.15) is 24.0 Å². The van der Waals surface area contributed by atoms with Crippen LogP contribution < -0.4 is 0 Å². The maximum atomic E-state index is 13.2. The number of carbonyl (C=O) groups is 1. The van der Waals surface area contributed by atoms with Crippen LogP contribution in [0.4, 0.5) is 17.6 Å². The lowest BCUT2D eigenvalue weighted by Gasteiger charge is -2.19. The van der Waals surface area contributed by atoms with E-state index in [1.807, 2.05) is 5.38 Å². The van der Waals surface area contributed by atoms with Crippen molar-refractivity contribution in [2.75, 3.05) is 13.1 Å². The van der Waals surface area contributed by atoms with Crippen LogP contribution in [0.15, 0.2) is 41.8 Å². The van der Waals surface area contributed by atoms with Gasteiger partial charge >= 0.3 is 6.18 Å². The van der Waals surface area contributed by atoms with Gasteiger partial charge in [-0.3, -0.25) is 4.79 Å². The average molecular weight is 412 g/mol. The standard InChI is InChI=1S/C18H16F4N4OS/c1-2-25(10-9-18(20,21)22)17(27)15-23-16(14-4-3-11-28-14)26(24-15)13-7-5-12(19)6-8-13/h3-8,11H,2,9-10H2,1H3. The summed E-state index contributed by atoms with van der Waals surface area (Å²) in [4.78, 5) is 18.7. The molecule has 0 saturated heterocycles. The number of hydrogen-bond acceptors (Lipinski definition) is 4. The SMILES string of the molecule is CCN(CCC(F)(F)F)C(=O)c1nc(-c2cccs2)n(-c2ccc(F)cc2)n1. The number of nitrogens with zero attached hydrogens (tertiary/aromatic N) is 4. The first kappa shape index (κ1) is 20.0. The maximum Gasteiger partial charge on any atom is 0.390 e. The second kappa shape index (κ2) is 8.09. The van der Waals surface area contributed by atoms with Crippen molar-refractivity contribution in [2.45, 2.75) is 19.5 Å². The highest BCUT2D eigenvalue weighted by molar-refractivity contribution is 7.13. The van der Waals surface area contributed by atoms with E-state index >= 15 is 0 Å². The molecule has 0 spiro atoms. The number of halogens is 4. The first-order valence-corrected chi connectivity index (χ1v) is 9.29. The minimum Gasteiger partial charge on any atom is -0.336 e. The van der Waals surface area contributed by atoms with Crippen molar-refractivity contribution in [3.8, 4) is 16.4 Å². The molecule has 28 heavy (non-hydrogen) atoms. The van der Waals surface area contributed by atoms with Gasteiger partial charge in [-0.05, 0) is 42.6 Å². The van der Waals surface area contributed by atoms with Crippen LogP contribution >= 0.6 is 11.3 Å². The molecule has 0 bridgehead atoms. The Hall–Kier alpha value is -2.75. The zero-order valence-corrected chi connectivity index (χ0v) is 15.6. The van der Waals surface area contributed by atoms with Crippen molar-refractivity contribution in [3.05, 3.63) is 53.4 Å². The summed E-state index contributed by atoms with van der Waals surface area (Å²) in [6.45, 7) is 1.21. The predicted molar refractivity (Wildman–Crippen MR) is 96.9 cm³/mol. The summed E-state index contributed by atoms with van der Waals surface area (Å²) in [5, 5.41) is 6.02. The Bertz CT molecular complexity index is 936. The van der Waals surface area contributed by atoms with Gasteiger partial charge < -0.3 is 4.90 Å². The molecule has 0 N–H and O–H groups in total. The van der Waals surface area contributed by atoms with Gasteiger partial charge in [0.15, 0.2) is 5.82 Å². The van der Waals surface area contributed by atoms with Crippen molar-refractivity contribution >= 4 is 17.2 Å². The van der Waals surface area contributed by atoms with Crippen LogP contribution in [0.25, 0.3) is 16.4 Å². The van der Waals surface area contributed by atoms with Crippen molar-refractivity contribution in [1.82, 2.24) is 19.7 Å². The van der Waals surface area contributed by atoms with Gasteiger partial charge in [-0.2, -0.15) is 13.2 Å². The van der Waals surface area contributed by atoms with Crippen LogP contribution in [0, 0.1) is 5.82 Å². The summed E-state index contributed by atoms with van der Waals surface area (Å²) in [5.41, 5.74) is 0.481. The average Bonchev–Trinajstić information content (AvgIpc) is 3.31. The zero-order chi connectivity index (χ0) is 20.3. The molecule has 0 fully saturated rings. The molecule has 0 unspecified atom stereocenters. The van der Waals surface area contributed by atoms with Crippen molar-refractivity contribution in [3.63, 3.8) is 0 Å². The lowest BCUT2D eigenvalue weighted by atomic mass is 10.3. The molecule has 0 aliphatic heterocycles. The summed E-state index contributed by atoms with van der Waals surface area (Å²) in [7, 11) is 0. The summed E-state index contributed by atoms with van der Waals surface area (Å²) in [6.07, 6.45) is -5.47. The second-order valence-electron chi connectivity index (χ2n) is 5.87.